The topological polar surface area (TPSA) is 125 Å². The number of amides is 2. The molecule has 5 rings (SSSR count). The largest absolute Gasteiger partial charge is 0.467 e. The fourth-order valence-corrected chi connectivity index (χ4v) is 4.36. The minimum atomic E-state index is -0.900. The molecule has 0 saturated heterocycles. The predicted molar refractivity (Wildman–Crippen MR) is 151 cm³/mol. The zero-order valence-electron chi connectivity index (χ0n) is 22.5. The normalized spacial score (nSPS) is 15.0. The van der Waals surface area contributed by atoms with E-state index in [4.69, 9.17) is 19.0 Å². The number of furan rings is 1. The Labute approximate surface area is 236 Å². The van der Waals surface area contributed by atoms with Crippen molar-refractivity contribution in [2.75, 3.05) is 13.2 Å². The second kappa shape index (κ2) is 12.2. The zero-order valence-corrected chi connectivity index (χ0v) is 22.5. The van der Waals surface area contributed by atoms with Gasteiger partial charge in [-0.15, -0.1) is 0 Å². The highest BCUT2D eigenvalue weighted by atomic mass is 16.5. The van der Waals surface area contributed by atoms with Crippen LogP contribution in [0.5, 0.6) is 0 Å². The Balaban J connectivity index is 1.39. The summed E-state index contributed by atoms with van der Waals surface area (Å²) >= 11 is 0. The Hall–Kier alpha value is -5.38. The fraction of sp³-hybridized carbons (Fsp3) is 0.161. The van der Waals surface area contributed by atoms with Crippen LogP contribution < -0.4 is 10.6 Å². The van der Waals surface area contributed by atoms with Gasteiger partial charge in [-0.2, -0.15) is 5.10 Å². The standard InChI is InChI=1S/C31H28N4O6/c1-3-39-30(37)27-24(32-31(38)33-29(27)25-10-7-17-40-25)19-41-26(36)16-15-22-18-35(23-8-5-4-6-9-23)34-28(22)21-13-11-20(2)12-14-21/h4-18,29H,3,19H2,1-2H3,(H2,32,33,38)/b16-15+/t29-/m1/s1. The Bertz CT molecular complexity index is 1600. The monoisotopic (exact) mass is 552 g/mol. The molecule has 1 atom stereocenters. The molecule has 2 aromatic carbocycles. The SMILES string of the molecule is CCOC(=O)C1=C(COC(=O)/C=C/c2cn(-c3ccccc3)nc2-c2ccc(C)cc2)NC(=O)N[C@@H]1c1ccco1. The van der Waals surface area contributed by atoms with Crippen molar-refractivity contribution in [2.24, 2.45) is 0 Å². The van der Waals surface area contributed by atoms with Crippen molar-refractivity contribution < 1.29 is 28.3 Å². The number of aromatic nitrogens is 2. The summed E-state index contributed by atoms with van der Waals surface area (Å²) in [6, 6.07) is 19.4. The van der Waals surface area contributed by atoms with E-state index in [0.717, 1.165) is 16.8 Å². The summed E-state index contributed by atoms with van der Waals surface area (Å²) in [6.07, 6.45) is 6.16. The van der Waals surface area contributed by atoms with Gasteiger partial charge >= 0.3 is 18.0 Å². The van der Waals surface area contributed by atoms with E-state index in [0.29, 0.717) is 17.0 Å². The average Bonchev–Trinajstić information content (AvgIpc) is 3.67. The van der Waals surface area contributed by atoms with Crippen LogP contribution in [0.2, 0.25) is 0 Å². The lowest BCUT2D eigenvalue weighted by molar-refractivity contribution is -0.140. The van der Waals surface area contributed by atoms with Crippen molar-refractivity contribution in [3.8, 4) is 16.9 Å². The highest BCUT2D eigenvalue weighted by Crippen LogP contribution is 2.29. The molecule has 0 aliphatic carbocycles. The van der Waals surface area contributed by atoms with Gasteiger partial charge in [0.2, 0.25) is 0 Å². The molecule has 4 aromatic rings. The van der Waals surface area contributed by atoms with Gasteiger partial charge in [-0.3, -0.25) is 0 Å². The number of esters is 2. The third kappa shape index (κ3) is 6.27. The summed E-state index contributed by atoms with van der Waals surface area (Å²) in [5.74, 6) is -1.00. The Morgan fingerprint density at radius 1 is 1.05 bits per heavy atom. The molecule has 0 unspecified atom stereocenters. The van der Waals surface area contributed by atoms with E-state index < -0.39 is 24.0 Å². The average molecular weight is 553 g/mol. The van der Waals surface area contributed by atoms with E-state index in [-0.39, 0.29) is 24.5 Å². The first-order valence-corrected chi connectivity index (χ1v) is 13.0. The first kappa shape index (κ1) is 27.2. The van der Waals surface area contributed by atoms with Crippen LogP contribution in [0.4, 0.5) is 4.79 Å². The minimum absolute atomic E-state index is 0.0870. The molecular formula is C31H28N4O6. The maximum atomic E-state index is 12.8. The molecule has 41 heavy (non-hydrogen) atoms. The molecule has 2 N–H and O–H groups in total. The molecule has 2 amide bonds. The van der Waals surface area contributed by atoms with Gasteiger partial charge in [0.25, 0.3) is 0 Å². The van der Waals surface area contributed by atoms with E-state index in [1.165, 1.54) is 12.3 Å². The third-order valence-corrected chi connectivity index (χ3v) is 6.32. The molecule has 1 aliphatic heterocycles. The first-order chi connectivity index (χ1) is 19.9. The molecule has 10 heteroatoms. The van der Waals surface area contributed by atoms with Crippen LogP contribution in [-0.2, 0) is 19.1 Å². The predicted octanol–water partition coefficient (Wildman–Crippen LogP) is 4.87. The van der Waals surface area contributed by atoms with Gasteiger partial charge in [-0.25, -0.2) is 19.1 Å². The van der Waals surface area contributed by atoms with Crippen molar-refractivity contribution in [2.45, 2.75) is 19.9 Å². The smallest absolute Gasteiger partial charge is 0.338 e. The Morgan fingerprint density at radius 2 is 1.83 bits per heavy atom. The number of hydrogen-bond donors (Lipinski definition) is 2. The molecule has 1 aliphatic rings. The van der Waals surface area contributed by atoms with Crippen LogP contribution in [0, 0.1) is 6.92 Å². The van der Waals surface area contributed by atoms with E-state index in [1.807, 2.05) is 67.7 Å². The summed E-state index contributed by atoms with van der Waals surface area (Å²) < 4.78 is 17.8. The molecule has 208 valence electrons. The number of benzene rings is 2. The maximum Gasteiger partial charge on any atom is 0.338 e. The molecule has 0 spiro atoms. The molecule has 3 heterocycles. The van der Waals surface area contributed by atoms with Gasteiger partial charge < -0.3 is 24.5 Å². The van der Waals surface area contributed by atoms with Crippen molar-refractivity contribution in [3.63, 3.8) is 0 Å². The van der Waals surface area contributed by atoms with Gasteiger partial charge in [0, 0.05) is 23.4 Å². The lowest BCUT2D eigenvalue weighted by Gasteiger charge is -2.27. The number of aryl methyl sites for hydroxylation is 1. The summed E-state index contributed by atoms with van der Waals surface area (Å²) in [6.45, 7) is 3.44. The second-order valence-corrected chi connectivity index (χ2v) is 9.18. The second-order valence-electron chi connectivity index (χ2n) is 9.18. The number of para-hydroxylation sites is 1. The van der Waals surface area contributed by atoms with Crippen molar-refractivity contribution in [1.29, 1.82) is 0 Å². The van der Waals surface area contributed by atoms with Crippen LogP contribution in [0.15, 0.2) is 101 Å². The van der Waals surface area contributed by atoms with Crippen LogP contribution in [0.1, 0.15) is 29.9 Å². The van der Waals surface area contributed by atoms with Gasteiger partial charge in [0.15, 0.2) is 0 Å². The van der Waals surface area contributed by atoms with Crippen LogP contribution in [0.25, 0.3) is 23.0 Å². The number of carbonyl (C=O) groups is 3. The molecular weight excluding hydrogens is 524 g/mol. The number of urea groups is 1. The maximum absolute atomic E-state index is 12.8. The van der Waals surface area contributed by atoms with Gasteiger partial charge in [-0.05, 0) is 44.2 Å². The fourth-order valence-electron chi connectivity index (χ4n) is 4.36. The first-order valence-electron chi connectivity index (χ1n) is 13.0. The molecule has 2 aromatic heterocycles. The minimum Gasteiger partial charge on any atom is -0.467 e. The zero-order chi connectivity index (χ0) is 28.8. The summed E-state index contributed by atoms with van der Waals surface area (Å²) in [4.78, 5) is 38.0. The third-order valence-electron chi connectivity index (χ3n) is 6.32. The summed E-state index contributed by atoms with van der Waals surface area (Å²) in [5, 5.41) is 9.96. The molecule has 0 fully saturated rings. The van der Waals surface area contributed by atoms with E-state index in [9.17, 15) is 14.4 Å². The molecule has 0 radical (unpaired) electrons. The lowest BCUT2D eigenvalue weighted by atomic mass is 10.0. The van der Waals surface area contributed by atoms with Gasteiger partial charge in [0.05, 0.1) is 35.5 Å². The molecule has 0 bridgehead atoms. The highest BCUT2D eigenvalue weighted by molar-refractivity contribution is 5.95. The van der Waals surface area contributed by atoms with Crippen LogP contribution in [0.3, 0.4) is 0 Å². The number of carbonyl (C=O) groups excluding carboxylic acids is 3. The van der Waals surface area contributed by atoms with E-state index in [1.54, 1.807) is 29.8 Å². The Morgan fingerprint density at radius 3 is 2.54 bits per heavy atom. The van der Waals surface area contributed by atoms with Crippen LogP contribution in [-0.4, -0.2) is 41.0 Å². The van der Waals surface area contributed by atoms with Crippen LogP contribution >= 0.6 is 0 Å². The lowest BCUT2D eigenvalue weighted by Crippen LogP contribution is -2.47. The van der Waals surface area contributed by atoms with Crippen molar-refractivity contribution in [3.05, 3.63) is 113 Å². The van der Waals surface area contributed by atoms with Crippen molar-refractivity contribution >= 4 is 24.0 Å². The van der Waals surface area contributed by atoms with Crippen molar-refractivity contribution in [1.82, 2.24) is 20.4 Å². The number of ether oxygens (including phenoxy) is 2. The van der Waals surface area contributed by atoms with E-state index in [2.05, 4.69) is 10.6 Å². The number of nitrogens with zero attached hydrogens (tertiary/aromatic N) is 2. The summed E-state index contributed by atoms with van der Waals surface area (Å²) in [5.41, 5.74) is 4.47. The van der Waals surface area contributed by atoms with E-state index >= 15 is 0 Å². The number of nitrogens with one attached hydrogen (secondary N) is 2. The Kier molecular flexibility index (Phi) is 8.10. The molecule has 0 saturated carbocycles. The summed E-state index contributed by atoms with van der Waals surface area (Å²) in [7, 11) is 0. The number of rotatable bonds is 9. The molecule has 10 nitrogen and oxygen atoms in total. The van der Waals surface area contributed by atoms with Gasteiger partial charge in [-0.1, -0.05) is 48.0 Å². The highest BCUT2D eigenvalue weighted by Gasteiger charge is 2.35. The number of hydrogen-bond acceptors (Lipinski definition) is 7. The van der Waals surface area contributed by atoms with Gasteiger partial charge in [0.1, 0.15) is 18.4 Å². The quantitative estimate of drug-likeness (QED) is 0.224.